The molecule has 0 spiro atoms. The number of hydrogen-bond donors (Lipinski definition) is 1. The molecule has 8 heteroatoms. The average Bonchev–Trinajstić information content (AvgIpc) is 3.43. The Morgan fingerprint density at radius 2 is 2.25 bits per heavy atom. The first kappa shape index (κ1) is 18.5. The second kappa shape index (κ2) is 8.41. The molecule has 1 atom stereocenters. The van der Waals surface area contributed by atoms with Crippen LogP contribution in [0.5, 0.6) is 17.2 Å². The minimum absolute atomic E-state index is 0.269. The van der Waals surface area contributed by atoms with Crippen LogP contribution in [0.25, 0.3) is 0 Å². The summed E-state index contributed by atoms with van der Waals surface area (Å²) in [6, 6.07) is 5.62. The quantitative estimate of drug-likeness (QED) is 0.466. The lowest BCUT2D eigenvalue weighted by molar-refractivity contribution is 0.173. The molecule has 0 radical (unpaired) electrons. The van der Waals surface area contributed by atoms with E-state index >= 15 is 0 Å². The van der Waals surface area contributed by atoms with E-state index in [4.69, 9.17) is 19.2 Å². The molecule has 1 unspecified atom stereocenters. The van der Waals surface area contributed by atoms with Gasteiger partial charge in [0.25, 0.3) is 0 Å². The number of benzene rings is 1. The molecule has 1 aromatic carbocycles. The smallest absolute Gasteiger partial charge is 0.231 e. The highest BCUT2D eigenvalue weighted by molar-refractivity contribution is 5.80. The number of fused-ring (bicyclic) bond motifs is 1. The SMILES string of the molecule is CCNC(=NCCOc1ccc2c(c1)OCO2)N1CCC(c2cnn(C)c2)C1. The lowest BCUT2D eigenvalue weighted by atomic mass is 10.0. The van der Waals surface area contributed by atoms with E-state index in [1.165, 1.54) is 5.56 Å². The zero-order valence-corrected chi connectivity index (χ0v) is 16.4. The molecule has 0 bridgehead atoms. The zero-order chi connectivity index (χ0) is 19.3. The van der Waals surface area contributed by atoms with E-state index in [1.807, 2.05) is 36.1 Å². The van der Waals surface area contributed by atoms with Gasteiger partial charge in [0.05, 0.1) is 12.7 Å². The summed E-state index contributed by atoms with van der Waals surface area (Å²) in [7, 11) is 1.96. The molecule has 2 aromatic rings. The van der Waals surface area contributed by atoms with Gasteiger partial charge in [-0.15, -0.1) is 0 Å². The van der Waals surface area contributed by atoms with Gasteiger partial charge in [-0.25, -0.2) is 4.99 Å². The van der Waals surface area contributed by atoms with Crippen molar-refractivity contribution in [2.24, 2.45) is 12.0 Å². The first-order chi connectivity index (χ1) is 13.7. The van der Waals surface area contributed by atoms with E-state index in [-0.39, 0.29) is 6.79 Å². The number of likely N-dealkylation sites (tertiary alicyclic amines) is 1. The molecule has 8 nitrogen and oxygen atoms in total. The maximum absolute atomic E-state index is 5.82. The van der Waals surface area contributed by atoms with Crippen LogP contribution in [0.1, 0.15) is 24.8 Å². The molecule has 3 heterocycles. The van der Waals surface area contributed by atoms with E-state index in [0.717, 1.165) is 49.3 Å². The molecule has 2 aliphatic rings. The fourth-order valence-corrected chi connectivity index (χ4v) is 3.58. The lowest BCUT2D eigenvalue weighted by Crippen LogP contribution is -2.40. The maximum Gasteiger partial charge on any atom is 0.231 e. The number of aromatic nitrogens is 2. The normalized spacial score (nSPS) is 18.6. The van der Waals surface area contributed by atoms with Crippen LogP contribution < -0.4 is 19.5 Å². The highest BCUT2D eigenvalue weighted by Crippen LogP contribution is 2.35. The summed E-state index contributed by atoms with van der Waals surface area (Å²) >= 11 is 0. The van der Waals surface area contributed by atoms with E-state index in [9.17, 15) is 0 Å². The van der Waals surface area contributed by atoms with Gasteiger partial charge in [-0.3, -0.25) is 4.68 Å². The van der Waals surface area contributed by atoms with E-state index in [0.29, 0.717) is 19.1 Å². The Morgan fingerprint density at radius 1 is 1.36 bits per heavy atom. The van der Waals surface area contributed by atoms with Crippen LogP contribution in [0.3, 0.4) is 0 Å². The summed E-state index contributed by atoms with van der Waals surface area (Å²) in [6.45, 7) is 6.25. The molecule has 1 fully saturated rings. The number of nitrogens with zero attached hydrogens (tertiary/aromatic N) is 4. The van der Waals surface area contributed by atoms with Gasteiger partial charge < -0.3 is 24.4 Å². The molecule has 2 aliphatic heterocycles. The van der Waals surface area contributed by atoms with Crippen LogP contribution in [-0.2, 0) is 7.05 Å². The molecule has 0 aliphatic carbocycles. The van der Waals surface area contributed by atoms with Gasteiger partial charge in [-0.05, 0) is 31.0 Å². The van der Waals surface area contributed by atoms with Crippen LogP contribution >= 0.6 is 0 Å². The van der Waals surface area contributed by atoms with Crippen molar-refractivity contribution in [1.82, 2.24) is 20.0 Å². The van der Waals surface area contributed by atoms with E-state index < -0.39 is 0 Å². The number of aryl methyl sites for hydroxylation is 1. The number of rotatable bonds is 6. The van der Waals surface area contributed by atoms with Crippen molar-refractivity contribution in [3.63, 3.8) is 0 Å². The van der Waals surface area contributed by atoms with Gasteiger partial charge in [0.15, 0.2) is 17.5 Å². The summed E-state index contributed by atoms with van der Waals surface area (Å²) in [4.78, 5) is 7.07. The molecule has 28 heavy (non-hydrogen) atoms. The number of hydrogen-bond acceptors (Lipinski definition) is 5. The third-order valence-corrected chi connectivity index (χ3v) is 4.98. The summed E-state index contributed by atoms with van der Waals surface area (Å²) < 4.78 is 18.4. The van der Waals surface area contributed by atoms with Crippen molar-refractivity contribution in [3.05, 3.63) is 36.2 Å². The first-order valence-corrected chi connectivity index (χ1v) is 9.77. The number of ether oxygens (including phenoxy) is 3. The highest BCUT2D eigenvalue weighted by atomic mass is 16.7. The monoisotopic (exact) mass is 385 g/mol. The number of aliphatic imine (C=N–C) groups is 1. The van der Waals surface area contributed by atoms with Crippen molar-refractivity contribution in [1.29, 1.82) is 0 Å². The largest absolute Gasteiger partial charge is 0.492 e. The van der Waals surface area contributed by atoms with Crippen molar-refractivity contribution in [3.8, 4) is 17.2 Å². The Labute approximate surface area is 165 Å². The van der Waals surface area contributed by atoms with Crippen molar-refractivity contribution in [2.75, 3.05) is 39.6 Å². The third kappa shape index (κ3) is 4.16. The maximum atomic E-state index is 5.82. The molecule has 1 saturated heterocycles. The van der Waals surface area contributed by atoms with Gasteiger partial charge >= 0.3 is 0 Å². The van der Waals surface area contributed by atoms with Gasteiger partial charge in [-0.2, -0.15) is 5.10 Å². The Morgan fingerprint density at radius 3 is 3.07 bits per heavy atom. The van der Waals surface area contributed by atoms with Crippen LogP contribution in [0, 0.1) is 0 Å². The minimum atomic E-state index is 0.269. The Balaban J connectivity index is 1.31. The van der Waals surface area contributed by atoms with Crippen LogP contribution in [0.15, 0.2) is 35.6 Å². The minimum Gasteiger partial charge on any atom is -0.492 e. The topological polar surface area (TPSA) is 73.1 Å². The summed E-state index contributed by atoms with van der Waals surface area (Å²) in [5.41, 5.74) is 1.30. The zero-order valence-electron chi connectivity index (χ0n) is 16.4. The fraction of sp³-hybridized carbons (Fsp3) is 0.500. The standard InChI is InChI=1S/C20H27N5O3/c1-3-21-20(25-8-6-15(13-25)16-11-23-24(2)12-16)22-7-9-26-17-4-5-18-19(10-17)28-14-27-18/h4-5,10-12,15H,3,6-9,13-14H2,1-2H3,(H,21,22). The lowest BCUT2D eigenvalue weighted by Gasteiger charge is -2.21. The van der Waals surface area contributed by atoms with Gasteiger partial charge in [-0.1, -0.05) is 0 Å². The van der Waals surface area contributed by atoms with Crippen LogP contribution in [-0.4, -0.2) is 60.2 Å². The van der Waals surface area contributed by atoms with E-state index in [2.05, 4.69) is 28.4 Å². The molecule has 4 rings (SSSR count). The predicted molar refractivity (Wildman–Crippen MR) is 106 cm³/mol. The molecule has 0 saturated carbocycles. The Hall–Kier alpha value is -2.90. The van der Waals surface area contributed by atoms with Crippen LogP contribution in [0.4, 0.5) is 0 Å². The molecular formula is C20H27N5O3. The average molecular weight is 385 g/mol. The van der Waals surface area contributed by atoms with Gasteiger partial charge in [0.2, 0.25) is 6.79 Å². The van der Waals surface area contributed by atoms with E-state index in [1.54, 1.807) is 0 Å². The van der Waals surface area contributed by atoms with Gasteiger partial charge in [0.1, 0.15) is 12.4 Å². The first-order valence-electron chi connectivity index (χ1n) is 9.77. The highest BCUT2D eigenvalue weighted by Gasteiger charge is 2.26. The van der Waals surface area contributed by atoms with Crippen LogP contribution in [0.2, 0.25) is 0 Å². The Bertz CT molecular complexity index is 835. The Kier molecular flexibility index (Phi) is 5.55. The summed E-state index contributed by atoms with van der Waals surface area (Å²) in [5.74, 6) is 3.71. The second-order valence-corrected chi connectivity index (χ2v) is 6.98. The molecular weight excluding hydrogens is 358 g/mol. The summed E-state index contributed by atoms with van der Waals surface area (Å²) in [6.07, 6.45) is 5.19. The molecule has 0 amide bonds. The molecule has 1 aromatic heterocycles. The molecule has 150 valence electrons. The third-order valence-electron chi connectivity index (χ3n) is 4.98. The van der Waals surface area contributed by atoms with Crippen molar-refractivity contribution < 1.29 is 14.2 Å². The van der Waals surface area contributed by atoms with Crippen molar-refractivity contribution >= 4 is 5.96 Å². The second-order valence-electron chi connectivity index (χ2n) is 6.98. The number of nitrogens with one attached hydrogen (secondary N) is 1. The molecule has 1 N–H and O–H groups in total. The predicted octanol–water partition coefficient (Wildman–Crippen LogP) is 1.98. The fourth-order valence-electron chi connectivity index (χ4n) is 3.58. The summed E-state index contributed by atoms with van der Waals surface area (Å²) in [5, 5.41) is 7.69. The van der Waals surface area contributed by atoms with Gasteiger partial charge in [0, 0.05) is 44.9 Å². The number of guanidine groups is 1. The van der Waals surface area contributed by atoms with Crippen molar-refractivity contribution in [2.45, 2.75) is 19.3 Å².